The lowest BCUT2D eigenvalue weighted by Gasteiger charge is -2.27. The maximum absolute atomic E-state index is 4.63. The van der Waals surface area contributed by atoms with Crippen molar-refractivity contribution in [2.24, 2.45) is 5.92 Å². The molecule has 1 heterocycles. The van der Waals surface area contributed by atoms with Crippen molar-refractivity contribution in [3.05, 3.63) is 11.9 Å². The summed E-state index contributed by atoms with van der Waals surface area (Å²) in [5.41, 5.74) is 0. The minimum absolute atomic E-state index is 0.347. The molecule has 1 fully saturated rings. The standard InChI is InChI=1S/C15H26N4/c1-10(2)15-18-13(16-4)9-14(19-15)17-12-7-5-11(3)6-8-12/h9-12H,5-8H2,1-4H3,(H2,16,17,18,19). The molecule has 0 bridgehead atoms. The van der Waals surface area contributed by atoms with Crippen molar-refractivity contribution in [3.63, 3.8) is 0 Å². The van der Waals surface area contributed by atoms with Gasteiger partial charge in [0.25, 0.3) is 0 Å². The van der Waals surface area contributed by atoms with Gasteiger partial charge in [-0.3, -0.25) is 0 Å². The van der Waals surface area contributed by atoms with Crippen LogP contribution < -0.4 is 10.6 Å². The molecule has 4 heteroatoms. The Morgan fingerprint density at radius 3 is 2.32 bits per heavy atom. The van der Waals surface area contributed by atoms with Gasteiger partial charge >= 0.3 is 0 Å². The second-order valence-corrected chi connectivity index (χ2v) is 6.00. The van der Waals surface area contributed by atoms with Crippen molar-refractivity contribution >= 4 is 11.6 Å². The van der Waals surface area contributed by atoms with E-state index in [4.69, 9.17) is 0 Å². The first-order valence-corrected chi connectivity index (χ1v) is 7.41. The number of rotatable bonds is 4. The summed E-state index contributed by atoms with van der Waals surface area (Å²) in [6.07, 6.45) is 5.13. The predicted octanol–water partition coefficient (Wildman–Crippen LogP) is 3.63. The normalized spacial score (nSPS) is 23.4. The largest absolute Gasteiger partial charge is 0.373 e. The Hall–Kier alpha value is -1.32. The third-order valence-electron chi connectivity index (χ3n) is 3.88. The van der Waals surface area contributed by atoms with E-state index in [2.05, 4.69) is 41.4 Å². The SMILES string of the molecule is CNc1cc(NC2CCC(C)CC2)nc(C(C)C)n1. The zero-order valence-electron chi connectivity index (χ0n) is 12.5. The maximum atomic E-state index is 4.63. The summed E-state index contributed by atoms with van der Waals surface area (Å²) in [6.45, 7) is 6.60. The summed E-state index contributed by atoms with van der Waals surface area (Å²) in [7, 11) is 1.90. The summed E-state index contributed by atoms with van der Waals surface area (Å²) in [5, 5.41) is 6.70. The predicted molar refractivity (Wildman–Crippen MR) is 80.7 cm³/mol. The minimum Gasteiger partial charge on any atom is -0.373 e. The molecule has 0 atom stereocenters. The fourth-order valence-electron chi connectivity index (χ4n) is 2.54. The van der Waals surface area contributed by atoms with E-state index in [0.717, 1.165) is 23.4 Å². The van der Waals surface area contributed by atoms with Crippen molar-refractivity contribution in [2.75, 3.05) is 17.7 Å². The van der Waals surface area contributed by atoms with Gasteiger partial charge in [-0.1, -0.05) is 20.8 Å². The Morgan fingerprint density at radius 2 is 1.74 bits per heavy atom. The molecule has 1 aromatic rings. The number of aromatic nitrogens is 2. The fraction of sp³-hybridized carbons (Fsp3) is 0.733. The summed E-state index contributed by atoms with van der Waals surface area (Å²) < 4.78 is 0. The van der Waals surface area contributed by atoms with Crippen LogP contribution in [0.2, 0.25) is 0 Å². The molecule has 0 spiro atoms. The van der Waals surface area contributed by atoms with Crippen molar-refractivity contribution in [3.8, 4) is 0 Å². The number of hydrogen-bond donors (Lipinski definition) is 2. The Kier molecular flexibility index (Phi) is 4.61. The Balaban J connectivity index is 2.08. The fourth-order valence-corrected chi connectivity index (χ4v) is 2.54. The first kappa shape index (κ1) is 14.1. The second kappa shape index (κ2) is 6.22. The van der Waals surface area contributed by atoms with Crippen LogP contribution in [0.15, 0.2) is 6.07 Å². The highest BCUT2D eigenvalue weighted by molar-refractivity contribution is 5.48. The molecule has 106 valence electrons. The van der Waals surface area contributed by atoms with Crippen LogP contribution in [-0.4, -0.2) is 23.1 Å². The average Bonchev–Trinajstić information content (AvgIpc) is 2.41. The molecule has 0 unspecified atom stereocenters. The molecule has 0 saturated heterocycles. The van der Waals surface area contributed by atoms with Gasteiger partial charge < -0.3 is 10.6 Å². The molecule has 0 radical (unpaired) electrons. The molecule has 1 aliphatic carbocycles. The van der Waals surface area contributed by atoms with Crippen LogP contribution in [-0.2, 0) is 0 Å². The monoisotopic (exact) mass is 262 g/mol. The zero-order valence-corrected chi connectivity index (χ0v) is 12.5. The number of nitrogens with zero attached hydrogens (tertiary/aromatic N) is 2. The van der Waals surface area contributed by atoms with Gasteiger partial charge in [-0.15, -0.1) is 0 Å². The molecule has 2 N–H and O–H groups in total. The molecule has 0 amide bonds. The average molecular weight is 262 g/mol. The first-order valence-electron chi connectivity index (χ1n) is 7.41. The van der Waals surface area contributed by atoms with Gasteiger partial charge in [0, 0.05) is 25.1 Å². The first-order chi connectivity index (χ1) is 9.08. The van der Waals surface area contributed by atoms with Gasteiger partial charge in [0.2, 0.25) is 0 Å². The van der Waals surface area contributed by atoms with E-state index in [1.165, 1.54) is 25.7 Å². The Labute approximate surface area is 116 Å². The smallest absolute Gasteiger partial charge is 0.135 e. The van der Waals surface area contributed by atoms with Crippen LogP contribution in [0.3, 0.4) is 0 Å². The summed E-state index contributed by atoms with van der Waals surface area (Å²) in [5.74, 6) is 3.98. The van der Waals surface area contributed by atoms with Crippen molar-refractivity contribution in [2.45, 2.75) is 58.4 Å². The molecular formula is C15H26N4. The highest BCUT2D eigenvalue weighted by Gasteiger charge is 2.19. The lowest BCUT2D eigenvalue weighted by molar-refractivity contribution is 0.360. The topological polar surface area (TPSA) is 49.8 Å². The number of anilines is 2. The molecule has 2 rings (SSSR count). The number of hydrogen-bond acceptors (Lipinski definition) is 4. The molecule has 4 nitrogen and oxygen atoms in total. The van der Waals surface area contributed by atoms with Crippen LogP contribution in [0.25, 0.3) is 0 Å². The minimum atomic E-state index is 0.347. The van der Waals surface area contributed by atoms with E-state index in [1.807, 2.05) is 13.1 Å². The number of nitrogens with one attached hydrogen (secondary N) is 2. The quantitative estimate of drug-likeness (QED) is 0.870. The lowest BCUT2D eigenvalue weighted by Crippen LogP contribution is -2.26. The summed E-state index contributed by atoms with van der Waals surface area (Å²) in [6, 6.07) is 2.57. The van der Waals surface area contributed by atoms with Gasteiger partial charge in [0.15, 0.2) is 0 Å². The van der Waals surface area contributed by atoms with Gasteiger partial charge in [-0.05, 0) is 31.6 Å². The molecule has 1 saturated carbocycles. The molecule has 0 aliphatic heterocycles. The van der Waals surface area contributed by atoms with Gasteiger partial charge in [-0.25, -0.2) is 9.97 Å². The lowest BCUT2D eigenvalue weighted by atomic mass is 9.87. The van der Waals surface area contributed by atoms with E-state index >= 15 is 0 Å². The molecule has 0 aromatic carbocycles. The molecule has 1 aromatic heterocycles. The van der Waals surface area contributed by atoms with Crippen LogP contribution >= 0.6 is 0 Å². The van der Waals surface area contributed by atoms with Crippen LogP contribution in [0.4, 0.5) is 11.6 Å². The van der Waals surface area contributed by atoms with E-state index < -0.39 is 0 Å². The van der Waals surface area contributed by atoms with Gasteiger partial charge in [-0.2, -0.15) is 0 Å². The second-order valence-electron chi connectivity index (χ2n) is 6.00. The maximum Gasteiger partial charge on any atom is 0.135 e. The van der Waals surface area contributed by atoms with Gasteiger partial charge in [0.05, 0.1) is 0 Å². The Bertz CT molecular complexity index is 409. The van der Waals surface area contributed by atoms with E-state index in [0.29, 0.717) is 12.0 Å². The van der Waals surface area contributed by atoms with E-state index in [9.17, 15) is 0 Å². The highest BCUT2D eigenvalue weighted by atomic mass is 15.1. The van der Waals surface area contributed by atoms with Crippen molar-refractivity contribution < 1.29 is 0 Å². The summed E-state index contributed by atoms with van der Waals surface area (Å²) in [4.78, 5) is 9.13. The molecule has 1 aliphatic rings. The Morgan fingerprint density at radius 1 is 1.11 bits per heavy atom. The van der Waals surface area contributed by atoms with Crippen molar-refractivity contribution in [1.29, 1.82) is 0 Å². The third-order valence-corrected chi connectivity index (χ3v) is 3.88. The van der Waals surface area contributed by atoms with E-state index in [1.54, 1.807) is 0 Å². The van der Waals surface area contributed by atoms with Crippen LogP contribution in [0.5, 0.6) is 0 Å². The zero-order chi connectivity index (χ0) is 13.8. The van der Waals surface area contributed by atoms with E-state index in [-0.39, 0.29) is 0 Å². The highest BCUT2D eigenvalue weighted by Crippen LogP contribution is 2.26. The molecule has 19 heavy (non-hydrogen) atoms. The van der Waals surface area contributed by atoms with Crippen LogP contribution in [0, 0.1) is 5.92 Å². The van der Waals surface area contributed by atoms with Crippen molar-refractivity contribution in [1.82, 2.24) is 9.97 Å². The van der Waals surface area contributed by atoms with Gasteiger partial charge in [0.1, 0.15) is 17.5 Å². The summed E-state index contributed by atoms with van der Waals surface area (Å²) >= 11 is 0. The third kappa shape index (κ3) is 3.82. The molecular weight excluding hydrogens is 236 g/mol. The van der Waals surface area contributed by atoms with Crippen LogP contribution in [0.1, 0.15) is 58.2 Å².